The van der Waals surface area contributed by atoms with Crippen LogP contribution in [-0.4, -0.2) is 42.6 Å². The predicted octanol–water partition coefficient (Wildman–Crippen LogP) is 5.83. The molecular formula is C26H37N3O4. The first kappa shape index (κ1) is 26.2. The molecule has 0 amide bonds. The van der Waals surface area contributed by atoms with Gasteiger partial charge in [0.15, 0.2) is 0 Å². The van der Waals surface area contributed by atoms with Crippen molar-refractivity contribution in [2.75, 3.05) is 26.9 Å². The highest BCUT2D eigenvalue weighted by Gasteiger charge is 2.07. The molecule has 180 valence electrons. The van der Waals surface area contributed by atoms with Crippen LogP contribution in [0.25, 0.3) is 0 Å². The summed E-state index contributed by atoms with van der Waals surface area (Å²) in [6.45, 7) is 9.89. The zero-order valence-electron chi connectivity index (χ0n) is 20.6. The minimum Gasteiger partial charge on any atom is -0.493 e. The van der Waals surface area contributed by atoms with Crippen LogP contribution in [0.5, 0.6) is 17.5 Å². The fourth-order valence-electron chi connectivity index (χ4n) is 3.30. The molecule has 0 bridgehead atoms. The van der Waals surface area contributed by atoms with E-state index in [2.05, 4.69) is 29.0 Å². The Morgan fingerprint density at radius 2 is 1.52 bits per heavy atom. The zero-order chi connectivity index (χ0) is 23.9. The number of benzene rings is 1. The van der Waals surface area contributed by atoms with E-state index in [1.807, 2.05) is 38.1 Å². The molecular weight excluding hydrogens is 418 g/mol. The van der Waals surface area contributed by atoms with Crippen LogP contribution in [0.2, 0.25) is 0 Å². The second-order valence-corrected chi connectivity index (χ2v) is 7.84. The van der Waals surface area contributed by atoms with E-state index >= 15 is 0 Å². The number of aryl methyl sites for hydroxylation is 2. The second-order valence-electron chi connectivity index (χ2n) is 7.84. The van der Waals surface area contributed by atoms with Crippen LogP contribution in [0.15, 0.2) is 41.8 Å². The summed E-state index contributed by atoms with van der Waals surface area (Å²) in [5.74, 6) is 1.85. The number of unbranched alkanes of at least 4 members (excludes halogenated alkanes) is 4. The topological polar surface area (TPSA) is 75.1 Å². The monoisotopic (exact) mass is 455 g/mol. The summed E-state index contributed by atoms with van der Waals surface area (Å²) in [5.41, 5.74) is 3.76. The maximum atomic E-state index is 6.05. The third-order valence-electron chi connectivity index (χ3n) is 5.06. The van der Waals surface area contributed by atoms with E-state index in [0.717, 1.165) is 72.6 Å². The first-order chi connectivity index (χ1) is 16.0. The van der Waals surface area contributed by atoms with E-state index in [-0.39, 0.29) is 0 Å². The Bertz CT molecular complexity index is 872. The van der Waals surface area contributed by atoms with Crippen molar-refractivity contribution in [3.8, 4) is 17.5 Å². The average molecular weight is 456 g/mol. The molecule has 0 aliphatic rings. The minimum atomic E-state index is 0.390. The Labute approximate surface area is 197 Å². The van der Waals surface area contributed by atoms with Gasteiger partial charge in [0.1, 0.15) is 25.2 Å². The third-order valence-corrected chi connectivity index (χ3v) is 5.06. The van der Waals surface area contributed by atoms with Gasteiger partial charge in [0.2, 0.25) is 0 Å². The normalized spacial score (nSPS) is 11.6. The number of rotatable bonds is 15. The highest BCUT2D eigenvalue weighted by atomic mass is 16.6. The van der Waals surface area contributed by atoms with Crippen molar-refractivity contribution >= 4 is 5.71 Å². The van der Waals surface area contributed by atoms with Crippen molar-refractivity contribution in [1.82, 2.24) is 9.97 Å². The Hall–Kier alpha value is -3.09. The van der Waals surface area contributed by atoms with Gasteiger partial charge in [0, 0.05) is 18.0 Å². The summed E-state index contributed by atoms with van der Waals surface area (Å²) in [6.07, 6.45) is 12.7. The van der Waals surface area contributed by atoms with Gasteiger partial charge in [-0.05, 0) is 63.8 Å². The smallest absolute Gasteiger partial charge is 0.316 e. The Morgan fingerprint density at radius 1 is 0.909 bits per heavy atom. The van der Waals surface area contributed by atoms with Gasteiger partial charge in [-0.2, -0.15) is 0 Å². The molecule has 0 unspecified atom stereocenters. The molecule has 7 heteroatoms. The molecule has 1 aromatic heterocycles. The lowest BCUT2D eigenvalue weighted by Gasteiger charge is -2.14. The van der Waals surface area contributed by atoms with Gasteiger partial charge in [-0.3, -0.25) is 0 Å². The van der Waals surface area contributed by atoms with Gasteiger partial charge in [-0.1, -0.05) is 36.6 Å². The van der Waals surface area contributed by atoms with E-state index in [1.54, 1.807) is 12.4 Å². The fraction of sp³-hybridized carbons (Fsp3) is 0.500. The van der Waals surface area contributed by atoms with E-state index in [4.69, 9.17) is 19.0 Å². The van der Waals surface area contributed by atoms with Crippen molar-refractivity contribution in [2.24, 2.45) is 5.16 Å². The van der Waals surface area contributed by atoms with Crippen molar-refractivity contribution in [1.29, 1.82) is 0 Å². The molecule has 0 saturated carbocycles. The summed E-state index contributed by atoms with van der Waals surface area (Å²) < 4.78 is 17.4. The number of nitrogens with zero attached hydrogens (tertiary/aromatic N) is 3. The highest BCUT2D eigenvalue weighted by Crippen LogP contribution is 2.28. The van der Waals surface area contributed by atoms with Crippen LogP contribution < -0.4 is 14.2 Å². The van der Waals surface area contributed by atoms with Crippen molar-refractivity contribution in [2.45, 2.75) is 59.8 Å². The maximum Gasteiger partial charge on any atom is 0.316 e. The third kappa shape index (κ3) is 9.51. The highest BCUT2D eigenvalue weighted by molar-refractivity contribution is 5.97. The molecule has 1 aromatic carbocycles. The SMILES string of the molecule is C/C=C/COc1cc(C)c(OCCCCCCCOc2ncc(/C(C)=N/OC)cn2)c(C)c1. The minimum absolute atomic E-state index is 0.390. The summed E-state index contributed by atoms with van der Waals surface area (Å²) >= 11 is 0. The summed E-state index contributed by atoms with van der Waals surface area (Å²) in [6, 6.07) is 4.47. The molecule has 0 saturated heterocycles. The lowest BCUT2D eigenvalue weighted by atomic mass is 10.1. The van der Waals surface area contributed by atoms with Crippen molar-refractivity contribution in [3.63, 3.8) is 0 Å². The van der Waals surface area contributed by atoms with Gasteiger partial charge in [-0.15, -0.1) is 0 Å². The number of oxime groups is 1. The van der Waals surface area contributed by atoms with Gasteiger partial charge < -0.3 is 19.0 Å². The lowest BCUT2D eigenvalue weighted by Crippen LogP contribution is -2.04. The van der Waals surface area contributed by atoms with Crippen molar-refractivity contribution in [3.05, 3.63) is 53.4 Å². The molecule has 1 heterocycles. The van der Waals surface area contributed by atoms with Gasteiger partial charge in [0.05, 0.1) is 18.9 Å². The first-order valence-corrected chi connectivity index (χ1v) is 11.6. The van der Waals surface area contributed by atoms with Crippen LogP contribution in [0.4, 0.5) is 0 Å². The molecule has 2 rings (SSSR count). The largest absolute Gasteiger partial charge is 0.493 e. The molecule has 0 aliphatic carbocycles. The predicted molar refractivity (Wildman–Crippen MR) is 132 cm³/mol. The number of hydrogen-bond acceptors (Lipinski definition) is 7. The van der Waals surface area contributed by atoms with E-state index < -0.39 is 0 Å². The van der Waals surface area contributed by atoms with Gasteiger partial charge in [-0.25, -0.2) is 9.97 Å². The van der Waals surface area contributed by atoms with Crippen LogP contribution in [0.1, 0.15) is 62.6 Å². The molecule has 0 spiro atoms. The molecule has 0 atom stereocenters. The number of hydrogen-bond donors (Lipinski definition) is 0. The van der Waals surface area contributed by atoms with E-state index in [9.17, 15) is 0 Å². The van der Waals surface area contributed by atoms with Crippen LogP contribution in [0.3, 0.4) is 0 Å². The standard InChI is InChI=1S/C26H37N3O4/c1-6-7-13-31-24-16-20(2)25(21(3)17-24)32-14-11-9-8-10-12-15-33-26-27-18-23(19-28-26)22(4)29-30-5/h6-7,16-19H,8-15H2,1-5H3/b7-6+,29-22+. The van der Waals surface area contributed by atoms with Gasteiger partial charge in [0.25, 0.3) is 0 Å². The summed E-state index contributed by atoms with van der Waals surface area (Å²) in [7, 11) is 1.51. The van der Waals surface area contributed by atoms with Crippen LogP contribution in [-0.2, 0) is 4.84 Å². The lowest BCUT2D eigenvalue weighted by molar-refractivity contribution is 0.213. The fourth-order valence-corrected chi connectivity index (χ4v) is 3.30. The first-order valence-electron chi connectivity index (χ1n) is 11.6. The molecule has 0 fully saturated rings. The second kappa shape index (κ2) is 14.9. The quantitative estimate of drug-likeness (QED) is 0.146. The van der Waals surface area contributed by atoms with E-state index in [0.29, 0.717) is 19.2 Å². The summed E-state index contributed by atoms with van der Waals surface area (Å²) in [4.78, 5) is 13.2. The molecule has 0 N–H and O–H groups in total. The summed E-state index contributed by atoms with van der Waals surface area (Å²) in [5, 5.41) is 3.86. The van der Waals surface area contributed by atoms with Gasteiger partial charge >= 0.3 is 6.01 Å². The Balaban J connectivity index is 1.58. The molecule has 0 aliphatic heterocycles. The number of ether oxygens (including phenoxy) is 3. The van der Waals surface area contributed by atoms with E-state index in [1.165, 1.54) is 7.11 Å². The molecule has 7 nitrogen and oxygen atoms in total. The Kier molecular flexibility index (Phi) is 11.8. The number of aromatic nitrogens is 2. The van der Waals surface area contributed by atoms with Crippen molar-refractivity contribution < 1.29 is 19.0 Å². The molecule has 0 radical (unpaired) electrons. The molecule has 33 heavy (non-hydrogen) atoms. The molecule has 2 aromatic rings. The maximum absolute atomic E-state index is 6.05. The average Bonchev–Trinajstić information content (AvgIpc) is 2.80. The van der Waals surface area contributed by atoms with Crippen LogP contribution in [0, 0.1) is 13.8 Å². The van der Waals surface area contributed by atoms with Crippen LogP contribution >= 0.6 is 0 Å². The zero-order valence-corrected chi connectivity index (χ0v) is 20.6. The Morgan fingerprint density at radius 3 is 2.12 bits per heavy atom. The number of allylic oxidation sites excluding steroid dienone is 1.